The molecule has 0 saturated carbocycles. The average Bonchev–Trinajstić information content (AvgIpc) is 2.96. The summed E-state index contributed by atoms with van der Waals surface area (Å²) < 4.78 is 10.7. The van der Waals surface area contributed by atoms with Crippen molar-refractivity contribution in [3.05, 3.63) is 23.8 Å². The van der Waals surface area contributed by atoms with Gasteiger partial charge >= 0.3 is 0 Å². The standard InChI is InChI=1S/C15H21N3O3/c16-12-4-6-18(7-5-12)9-14(19)17-8-11-2-1-3-13-15(11)21-10-20-13/h1-3,12H,4-10,16H2,(H,17,19). The Bertz CT molecular complexity index is 513. The average molecular weight is 291 g/mol. The SMILES string of the molecule is NC1CCN(CC(=O)NCc2cccc3c2OCO3)CC1. The molecular formula is C15H21N3O3. The molecule has 21 heavy (non-hydrogen) atoms. The van der Waals surface area contributed by atoms with E-state index in [0.717, 1.165) is 43.0 Å². The van der Waals surface area contributed by atoms with E-state index in [1.807, 2.05) is 18.2 Å². The Morgan fingerprint density at radius 1 is 1.33 bits per heavy atom. The van der Waals surface area contributed by atoms with Crippen molar-refractivity contribution >= 4 is 5.91 Å². The topological polar surface area (TPSA) is 76.8 Å². The van der Waals surface area contributed by atoms with Crippen LogP contribution < -0.4 is 20.5 Å². The maximum absolute atomic E-state index is 12.0. The largest absolute Gasteiger partial charge is 0.454 e. The van der Waals surface area contributed by atoms with E-state index in [0.29, 0.717) is 13.1 Å². The van der Waals surface area contributed by atoms with Crippen LogP contribution in [0.2, 0.25) is 0 Å². The molecule has 2 aliphatic heterocycles. The molecule has 3 N–H and O–H groups in total. The predicted molar refractivity (Wildman–Crippen MR) is 78.1 cm³/mol. The zero-order valence-corrected chi connectivity index (χ0v) is 12.0. The molecule has 1 fully saturated rings. The van der Waals surface area contributed by atoms with E-state index in [-0.39, 0.29) is 18.7 Å². The van der Waals surface area contributed by atoms with Gasteiger partial charge in [-0.25, -0.2) is 0 Å². The number of likely N-dealkylation sites (tertiary alicyclic amines) is 1. The van der Waals surface area contributed by atoms with Crippen LogP contribution in [0, 0.1) is 0 Å². The van der Waals surface area contributed by atoms with Gasteiger partial charge in [-0.15, -0.1) is 0 Å². The van der Waals surface area contributed by atoms with Crippen molar-refractivity contribution in [3.63, 3.8) is 0 Å². The minimum atomic E-state index is 0.0296. The molecule has 6 heteroatoms. The molecule has 114 valence electrons. The van der Waals surface area contributed by atoms with Gasteiger partial charge in [-0.1, -0.05) is 12.1 Å². The van der Waals surface area contributed by atoms with Crippen molar-refractivity contribution in [2.45, 2.75) is 25.4 Å². The van der Waals surface area contributed by atoms with Gasteiger partial charge in [0.15, 0.2) is 11.5 Å². The molecule has 0 bridgehead atoms. The summed E-state index contributed by atoms with van der Waals surface area (Å²) in [6.45, 7) is 2.92. The highest BCUT2D eigenvalue weighted by molar-refractivity contribution is 5.78. The van der Waals surface area contributed by atoms with Gasteiger partial charge in [-0.3, -0.25) is 9.69 Å². The zero-order chi connectivity index (χ0) is 14.7. The fourth-order valence-electron chi connectivity index (χ4n) is 2.69. The van der Waals surface area contributed by atoms with Crippen LogP contribution in [0.4, 0.5) is 0 Å². The van der Waals surface area contributed by atoms with Crippen LogP contribution in [-0.2, 0) is 11.3 Å². The molecule has 1 aromatic carbocycles. The summed E-state index contributed by atoms with van der Waals surface area (Å²) in [5.74, 6) is 1.51. The summed E-state index contributed by atoms with van der Waals surface area (Å²) in [6.07, 6.45) is 1.93. The number of rotatable bonds is 4. The number of nitrogens with one attached hydrogen (secondary N) is 1. The van der Waals surface area contributed by atoms with Crippen molar-refractivity contribution in [1.82, 2.24) is 10.2 Å². The molecular weight excluding hydrogens is 270 g/mol. The second kappa shape index (κ2) is 6.32. The first-order valence-corrected chi connectivity index (χ1v) is 7.34. The maximum atomic E-state index is 12.0. The van der Waals surface area contributed by atoms with E-state index in [2.05, 4.69) is 10.2 Å². The summed E-state index contributed by atoms with van der Waals surface area (Å²) in [4.78, 5) is 14.2. The van der Waals surface area contributed by atoms with Gasteiger partial charge in [0.05, 0.1) is 6.54 Å². The van der Waals surface area contributed by atoms with Gasteiger partial charge < -0.3 is 20.5 Å². The number of nitrogens with two attached hydrogens (primary N) is 1. The number of piperidine rings is 1. The fourth-order valence-corrected chi connectivity index (χ4v) is 2.69. The molecule has 0 radical (unpaired) electrons. The van der Waals surface area contributed by atoms with Crippen LogP contribution >= 0.6 is 0 Å². The minimum Gasteiger partial charge on any atom is -0.454 e. The van der Waals surface area contributed by atoms with Crippen LogP contribution in [-0.4, -0.2) is 43.3 Å². The normalized spacial score (nSPS) is 18.7. The molecule has 1 saturated heterocycles. The van der Waals surface area contributed by atoms with E-state index in [1.54, 1.807) is 0 Å². The van der Waals surface area contributed by atoms with E-state index < -0.39 is 0 Å². The van der Waals surface area contributed by atoms with Crippen LogP contribution in [0.3, 0.4) is 0 Å². The lowest BCUT2D eigenvalue weighted by Crippen LogP contribution is -2.44. The summed E-state index contributed by atoms with van der Waals surface area (Å²) in [5.41, 5.74) is 6.81. The Kier molecular flexibility index (Phi) is 4.26. The highest BCUT2D eigenvalue weighted by Crippen LogP contribution is 2.35. The van der Waals surface area contributed by atoms with Crippen LogP contribution in [0.25, 0.3) is 0 Å². The third kappa shape index (κ3) is 3.46. The first kappa shape index (κ1) is 14.2. The molecule has 2 aliphatic rings. The number of para-hydroxylation sites is 1. The molecule has 0 aromatic heterocycles. The molecule has 0 unspecified atom stereocenters. The van der Waals surface area contributed by atoms with Crippen molar-refractivity contribution < 1.29 is 14.3 Å². The lowest BCUT2D eigenvalue weighted by molar-refractivity contribution is -0.122. The predicted octanol–water partition coefficient (Wildman–Crippen LogP) is 0.455. The number of carbonyl (C=O) groups excluding carboxylic acids is 1. The maximum Gasteiger partial charge on any atom is 0.234 e. The molecule has 0 aliphatic carbocycles. The molecule has 3 rings (SSSR count). The molecule has 1 amide bonds. The Morgan fingerprint density at radius 3 is 2.95 bits per heavy atom. The van der Waals surface area contributed by atoms with Crippen molar-refractivity contribution in [2.75, 3.05) is 26.4 Å². The summed E-state index contributed by atoms with van der Waals surface area (Å²) in [5, 5.41) is 2.94. The van der Waals surface area contributed by atoms with Crippen molar-refractivity contribution in [3.8, 4) is 11.5 Å². The minimum absolute atomic E-state index is 0.0296. The Labute approximate surface area is 124 Å². The molecule has 0 spiro atoms. The first-order valence-electron chi connectivity index (χ1n) is 7.34. The van der Waals surface area contributed by atoms with Gasteiger partial charge in [0, 0.05) is 31.2 Å². The number of hydrogen-bond donors (Lipinski definition) is 2. The fraction of sp³-hybridized carbons (Fsp3) is 0.533. The molecule has 1 aromatic rings. The lowest BCUT2D eigenvalue weighted by atomic mass is 10.1. The number of hydrogen-bond acceptors (Lipinski definition) is 5. The number of fused-ring (bicyclic) bond motifs is 1. The Hall–Kier alpha value is -1.79. The second-order valence-electron chi connectivity index (χ2n) is 5.54. The Balaban J connectivity index is 1.49. The van der Waals surface area contributed by atoms with Gasteiger partial charge in [0.2, 0.25) is 12.7 Å². The van der Waals surface area contributed by atoms with E-state index in [9.17, 15) is 4.79 Å². The Morgan fingerprint density at radius 2 is 2.14 bits per heavy atom. The summed E-state index contributed by atoms with van der Waals surface area (Å²) >= 11 is 0. The number of amides is 1. The number of benzene rings is 1. The summed E-state index contributed by atoms with van der Waals surface area (Å²) in [7, 11) is 0. The van der Waals surface area contributed by atoms with Crippen molar-refractivity contribution in [2.24, 2.45) is 5.73 Å². The van der Waals surface area contributed by atoms with Crippen molar-refractivity contribution in [1.29, 1.82) is 0 Å². The number of carbonyl (C=O) groups is 1. The van der Waals surface area contributed by atoms with E-state index in [1.165, 1.54) is 0 Å². The first-order chi connectivity index (χ1) is 10.2. The lowest BCUT2D eigenvalue weighted by Gasteiger charge is -2.29. The van der Waals surface area contributed by atoms with Gasteiger partial charge in [0.25, 0.3) is 0 Å². The van der Waals surface area contributed by atoms with Crippen LogP contribution in [0.5, 0.6) is 11.5 Å². The van der Waals surface area contributed by atoms with Gasteiger partial charge in [0.1, 0.15) is 0 Å². The van der Waals surface area contributed by atoms with E-state index in [4.69, 9.17) is 15.2 Å². The highest BCUT2D eigenvalue weighted by Gasteiger charge is 2.20. The van der Waals surface area contributed by atoms with E-state index >= 15 is 0 Å². The number of ether oxygens (including phenoxy) is 2. The van der Waals surface area contributed by atoms with Gasteiger partial charge in [-0.05, 0) is 18.9 Å². The highest BCUT2D eigenvalue weighted by atomic mass is 16.7. The molecule has 0 atom stereocenters. The van der Waals surface area contributed by atoms with Gasteiger partial charge in [-0.2, -0.15) is 0 Å². The third-order valence-electron chi connectivity index (χ3n) is 3.95. The number of nitrogens with zero attached hydrogens (tertiary/aromatic N) is 1. The third-order valence-corrected chi connectivity index (χ3v) is 3.95. The second-order valence-corrected chi connectivity index (χ2v) is 5.54. The smallest absolute Gasteiger partial charge is 0.234 e. The quantitative estimate of drug-likeness (QED) is 0.842. The molecule has 2 heterocycles. The van der Waals surface area contributed by atoms with Crippen LogP contribution in [0.15, 0.2) is 18.2 Å². The summed E-state index contributed by atoms with van der Waals surface area (Å²) in [6, 6.07) is 5.99. The monoisotopic (exact) mass is 291 g/mol. The zero-order valence-electron chi connectivity index (χ0n) is 12.0. The molecule has 6 nitrogen and oxygen atoms in total. The van der Waals surface area contributed by atoms with Crippen LogP contribution in [0.1, 0.15) is 18.4 Å².